The van der Waals surface area contributed by atoms with E-state index in [2.05, 4.69) is 16.5 Å². The van der Waals surface area contributed by atoms with Crippen molar-refractivity contribution in [3.8, 4) is 6.07 Å². The van der Waals surface area contributed by atoms with E-state index in [1.54, 1.807) is 11.4 Å². The standard InChI is InChI=1S/C16H18N4O2/c1-10-13(16(21)22)9-20-15(10)14(11(7-17)8-18-20)19-12-5-3-2-4-6-12/h8-9,12,19H,2-6H2,1H3,(H,21,22). The normalized spacial score (nSPS) is 15.6. The summed E-state index contributed by atoms with van der Waals surface area (Å²) in [5.41, 5.74) is 2.69. The number of nitrogens with zero attached hydrogens (tertiary/aromatic N) is 3. The molecule has 6 heteroatoms. The first-order chi connectivity index (χ1) is 10.6. The van der Waals surface area contributed by atoms with Crippen LogP contribution >= 0.6 is 0 Å². The first kappa shape index (κ1) is 14.4. The van der Waals surface area contributed by atoms with Crippen LogP contribution in [0.1, 0.15) is 53.6 Å². The first-order valence-electron chi connectivity index (χ1n) is 7.52. The van der Waals surface area contributed by atoms with Crippen molar-refractivity contribution in [3.05, 3.63) is 29.1 Å². The number of carboxylic acid groups (broad SMARTS) is 1. The number of aromatic carboxylic acids is 1. The van der Waals surface area contributed by atoms with E-state index in [1.165, 1.54) is 31.7 Å². The second kappa shape index (κ2) is 5.68. The van der Waals surface area contributed by atoms with E-state index in [-0.39, 0.29) is 5.56 Å². The minimum atomic E-state index is -0.981. The van der Waals surface area contributed by atoms with Crippen LogP contribution in [-0.2, 0) is 0 Å². The third-order valence-corrected chi connectivity index (χ3v) is 4.36. The number of carbonyl (C=O) groups is 1. The predicted molar refractivity (Wildman–Crippen MR) is 82.1 cm³/mol. The molecular formula is C16H18N4O2. The maximum Gasteiger partial charge on any atom is 0.337 e. The predicted octanol–water partition coefficient (Wildman–Crippen LogP) is 2.96. The minimum Gasteiger partial charge on any atom is -0.478 e. The Morgan fingerprint density at radius 2 is 2.18 bits per heavy atom. The number of nitrogens with one attached hydrogen (secondary N) is 1. The first-order valence-corrected chi connectivity index (χ1v) is 7.52. The highest BCUT2D eigenvalue weighted by Crippen LogP contribution is 2.30. The Morgan fingerprint density at radius 1 is 1.45 bits per heavy atom. The molecule has 0 amide bonds. The van der Waals surface area contributed by atoms with Gasteiger partial charge >= 0.3 is 5.97 Å². The van der Waals surface area contributed by atoms with Crippen molar-refractivity contribution < 1.29 is 9.90 Å². The third kappa shape index (κ3) is 2.39. The van der Waals surface area contributed by atoms with Crippen molar-refractivity contribution in [2.75, 3.05) is 5.32 Å². The number of hydrogen-bond donors (Lipinski definition) is 2. The van der Waals surface area contributed by atoms with Gasteiger partial charge in [-0.2, -0.15) is 10.4 Å². The third-order valence-electron chi connectivity index (χ3n) is 4.36. The number of hydrogen-bond acceptors (Lipinski definition) is 4. The summed E-state index contributed by atoms with van der Waals surface area (Å²) in [7, 11) is 0. The Balaban J connectivity index is 2.12. The van der Waals surface area contributed by atoms with Gasteiger partial charge in [0.1, 0.15) is 6.07 Å². The monoisotopic (exact) mass is 298 g/mol. The van der Waals surface area contributed by atoms with E-state index in [9.17, 15) is 15.2 Å². The maximum absolute atomic E-state index is 11.3. The highest BCUT2D eigenvalue weighted by Gasteiger charge is 2.21. The summed E-state index contributed by atoms with van der Waals surface area (Å²) < 4.78 is 1.55. The van der Waals surface area contributed by atoms with Crippen LogP contribution in [-0.4, -0.2) is 26.7 Å². The zero-order chi connectivity index (χ0) is 15.7. The smallest absolute Gasteiger partial charge is 0.337 e. The van der Waals surface area contributed by atoms with Gasteiger partial charge in [0.25, 0.3) is 0 Å². The van der Waals surface area contributed by atoms with Crippen LogP contribution in [0.3, 0.4) is 0 Å². The van der Waals surface area contributed by atoms with Crippen LogP contribution < -0.4 is 5.32 Å². The molecule has 114 valence electrons. The van der Waals surface area contributed by atoms with Gasteiger partial charge in [0.05, 0.1) is 28.5 Å². The Bertz CT molecular complexity index is 767. The number of rotatable bonds is 3. The van der Waals surface area contributed by atoms with Gasteiger partial charge in [-0.1, -0.05) is 19.3 Å². The van der Waals surface area contributed by atoms with Gasteiger partial charge in [0.15, 0.2) is 0 Å². The van der Waals surface area contributed by atoms with Crippen molar-refractivity contribution in [1.82, 2.24) is 9.61 Å². The van der Waals surface area contributed by atoms with E-state index in [1.807, 2.05) is 0 Å². The van der Waals surface area contributed by atoms with Gasteiger partial charge in [-0.05, 0) is 25.3 Å². The molecular weight excluding hydrogens is 280 g/mol. The molecule has 22 heavy (non-hydrogen) atoms. The molecule has 0 radical (unpaired) electrons. The Labute approximate surface area is 128 Å². The van der Waals surface area contributed by atoms with Crippen molar-refractivity contribution in [1.29, 1.82) is 5.26 Å². The van der Waals surface area contributed by atoms with E-state index in [0.717, 1.165) is 12.8 Å². The molecule has 2 aromatic heterocycles. The van der Waals surface area contributed by atoms with Crippen molar-refractivity contribution in [2.24, 2.45) is 0 Å². The topological polar surface area (TPSA) is 90.4 Å². The number of aromatic nitrogens is 2. The highest BCUT2D eigenvalue weighted by atomic mass is 16.4. The molecule has 1 saturated carbocycles. The molecule has 1 aliphatic carbocycles. The van der Waals surface area contributed by atoms with Crippen molar-refractivity contribution in [2.45, 2.75) is 45.1 Å². The van der Waals surface area contributed by atoms with Crippen LogP contribution in [0.25, 0.3) is 5.52 Å². The van der Waals surface area contributed by atoms with Crippen LogP contribution in [0.2, 0.25) is 0 Å². The Morgan fingerprint density at radius 3 is 2.82 bits per heavy atom. The lowest BCUT2D eigenvalue weighted by Crippen LogP contribution is -2.23. The van der Waals surface area contributed by atoms with Gasteiger partial charge in [-0.15, -0.1) is 0 Å². The summed E-state index contributed by atoms with van der Waals surface area (Å²) in [4.78, 5) is 11.3. The summed E-state index contributed by atoms with van der Waals surface area (Å²) in [6.45, 7) is 1.76. The van der Waals surface area contributed by atoms with Gasteiger partial charge in [-0.25, -0.2) is 9.31 Å². The molecule has 2 aromatic rings. The molecule has 0 spiro atoms. The Hall–Kier alpha value is -2.55. The number of carboxylic acids is 1. The van der Waals surface area contributed by atoms with Crippen LogP contribution in [0.15, 0.2) is 12.4 Å². The summed E-state index contributed by atoms with van der Waals surface area (Å²) in [5.74, 6) is -0.981. The van der Waals surface area contributed by atoms with Gasteiger partial charge in [-0.3, -0.25) is 0 Å². The summed E-state index contributed by atoms with van der Waals surface area (Å²) >= 11 is 0. The highest BCUT2D eigenvalue weighted by molar-refractivity contribution is 5.95. The molecule has 6 nitrogen and oxygen atoms in total. The van der Waals surface area contributed by atoms with Crippen molar-refractivity contribution >= 4 is 17.2 Å². The van der Waals surface area contributed by atoms with E-state index in [4.69, 9.17) is 0 Å². The lowest BCUT2D eigenvalue weighted by atomic mass is 9.95. The fourth-order valence-corrected chi connectivity index (χ4v) is 3.19. The van der Waals surface area contributed by atoms with Crippen LogP contribution in [0, 0.1) is 18.3 Å². The molecule has 3 rings (SSSR count). The second-order valence-corrected chi connectivity index (χ2v) is 5.79. The SMILES string of the molecule is Cc1c(C(=O)O)cn2ncc(C#N)c(NC3CCCCC3)c12. The van der Waals surface area contributed by atoms with Gasteiger partial charge in [0.2, 0.25) is 0 Å². The lowest BCUT2D eigenvalue weighted by Gasteiger charge is -2.24. The molecule has 0 aromatic carbocycles. The zero-order valence-corrected chi connectivity index (χ0v) is 12.5. The molecule has 1 fully saturated rings. The van der Waals surface area contributed by atoms with Gasteiger partial charge < -0.3 is 10.4 Å². The lowest BCUT2D eigenvalue weighted by molar-refractivity contribution is 0.0696. The van der Waals surface area contributed by atoms with E-state index in [0.29, 0.717) is 28.4 Å². The van der Waals surface area contributed by atoms with Crippen LogP contribution in [0.5, 0.6) is 0 Å². The average Bonchev–Trinajstić information content (AvgIpc) is 2.86. The molecule has 2 heterocycles. The zero-order valence-electron chi connectivity index (χ0n) is 12.5. The number of nitriles is 1. The fourth-order valence-electron chi connectivity index (χ4n) is 3.19. The average molecular weight is 298 g/mol. The molecule has 1 aliphatic rings. The molecule has 2 N–H and O–H groups in total. The van der Waals surface area contributed by atoms with E-state index < -0.39 is 5.97 Å². The van der Waals surface area contributed by atoms with Crippen molar-refractivity contribution in [3.63, 3.8) is 0 Å². The number of anilines is 1. The molecule has 0 aliphatic heterocycles. The van der Waals surface area contributed by atoms with Crippen LogP contribution in [0.4, 0.5) is 5.69 Å². The largest absolute Gasteiger partial charge is 0.478 e. The Kier molecular flexibility index (Phi) is 3.72. The summed E-state index contributed by atoms with van der Waals surface area (Å²) in [6, 6.07) is 2.49. The van der Waals surface area contributed by atoms with E-state index >= 15 is 0 Å². The number of aryl methyl sites for hydroxylation is 1. The summed E-state index contributed by atoms with van der Waals surface area (Å²) in [6.07, 6.45) is 8.75. The maximum atomic E-state index is 11.3. The molecule has 0 saturated heterocycles. The number of fused-ring (bicyclic) bond motifs is 1. The van der Waals surface area contributed by atoms with Gasteiger partial charge in [0, 0.05) is 12.2 Å². The molecule has 0 bridgehead atoms. The summed E-state index contributed by atoms with van der Waals surface area (Å²) in [5, 5.41) is 26.3. The molecule has 0 atom stereocenters. The minimum absolute atomic E-state index is 0.217. The second-order valence-electron chi connectivity index (χ2n) is 5.79. The molecule has 0 unspecified atom stereocenters. The quantitative estimate of drug-likeness (QED) is 0.909. The fraction of sp³-hybridized carbons (Fsp3) is 0.438.